The Labute approximate surface area is 72.1 Å². The average Bonchev–Trinajstić information content (AvgIpc) is 2.03. The van der Waals surface area contributed by atoms with Crippen molar-refractivity contribution in [3.63, 3.8) is 0 Å². The molecule has 0 aliphatic carbocycles. The zero-order valence-corrected chi connectivity index (χ0v) is 7.50. The minimum atomic E-state index is 0.366. The van der Waals surface area contributed by atoms with Gasteiger partial charge in [-0.25, -0.2) is 4.98 Å². The molecule has 0 saturated carbocycles. The standard InChI is InChI=1S/C9H11N3/c1-6(2)9-7(3)12-8(4-10)5-11-9/h5-6H,1-3H3. The number of hydrogen-bond acceptors (Lipinski definition) is 3. The highest BCUT2D eigenvalue weighted by molar-refractivity contribution is 5.22. The molecule has 0 aliphatic rings. The van der Waals surface area contributed by atoms with E-state index in [0.29, 0.717) is 11.6 Å². The third-order valence-corrected chi connectivity index (χ3v) is 1.65. The molecule has 12 heavy (non-hydrogen) atoms. The van der Waals surface area contributed by atoms with E-state index in [0.717, 1.165) is 11.4 Å². The smallest absolute Gasteiger partial charge is 0.159 e. The van der Waals surface area contributed by atoms with Crippen LogP contribution in [-0.2, 0) is 0 Å². The molecule has 0 atom stereocenters. The maximum atomic E-state index is 8.54. The third kappa shape index (κ3) is 1.59. The predicted molar refractivity (Wildman–Crippen MR) is 45.6 cm³/mol. The van der Waals surface area contributed by atoms with Crippen LogP contribution in [-0.4, -0.2) is 9.97 Å². The molecule has 0 spiro atoms. The molecule has 1 aromatic rings. The van der Waals surface area contributed by atoms with Crippen LogP contribution < -0.4 is 0 Å². The van der Waals surface area contributed by atoms with E-state index < -0.39 is 0 Å². The summed E-state index contributed by atoms with van der Waals surface area (Å²) in [6.07, 6.45) is 1.52. The molecule has 0 aromatic carbocycles. The molecule has 1 rings (SSSR count). The molecule has 0 unspecified atom stereocenters. The van der Waals surface area contributed by atoms with E-state index in [1.807, 2.05) is 13.0 Å². The summed E-state index contributed by atoms with van der Waals surface area (Å²) in [5.74, 6) is 0.366. The number of aryl methyl sites for hydroxylation is 1. The molecular formula is C9H11N3. The van der Waals surface area contributed by atoms with E-state index in [2.05, 4.69) is 23.8 Å². The van der Waals surface area contributed by atoms with Crippen molar-refractivity contribution in [3.8, 4) is 6.07 Å². The summed E-state index contributed by atoms with van der Waals surface area (Å²) in [6, 6.07) is 1.96. The van der Waals surface area contributed by atoms with E-state index in [-0.39, 0.29) is 0 Å². The van der Waals surface area contributed by atoms with E-state index >= 15 is 0 Å². The van der Waals surface area contributed by atoms with Gasteiger partial charge in [0, 0.05) is 0 Å². The fourth-order valence-corrected chi connectivity index (χ4v) is 1.11. The summed E-state index contributed by atoms with van der Waals surface area (Å²) in [7, 11) is 0. The summed E-state index contributed by atoms with van der Waals surface area (Å²) in [4.78, 5) is 8.25. The lowest BCUT2D eigenvalue weighted by molar-refractivity contribution is 0.793. The molecule has 0 fully saturated rings. The second-order valence-corrected chi connectivity index (χ2v) is 2.99. The molecule has 1 heterocycles. The summed E-state index contributed by atoms with van der Waals surface area (Å²) in [5.41, 5.74) is 2.20. The van der Waals surface area contributed by atoms with Crippen molar-refractivity contribution in [1.82, 2.24) is 9.97 Å². The maximum absolute atomic E-state index is 8.54. The van der Waals surface area contributed by atoms with Crippen molar-refractivity contribution in [2.24, 2.45) is 0 Å². The van der Waals surface area contributed by atoms with Crippen molar-refractivity contribution in [2.75, 3.05) is 0 Å². The number of nitrogens with zero attached hydrogens (tertiary/aromatic N) is 3. The molecular weight excluding hydrogens is 150 g/mol. The Morgan fingerprint density at radius 2 is 2.17 bits per heavy atom. The lowest BCUT2D eigenvalue weighted by atomic mass is 10.1. The van der Waals surface area contributed by atoms with Gasteiger partial charge in [0.2, 0.25) is 0 Å². The molecule has 0 amide bonds. The second kappa shape index (κ2) is 3.31. The zero-order chi connectivity index (χ0) is 9.14. The molecule has 0 N–H and O–H groups in total. The Hall–Kier alpha value is -1.43. The summed E-state index contributed by atoms with van der Waals surface area (Å²) in [6.45, 7) is 6.00. The van der Waals surface area contributed by atoms with E-state index in [1.165, 1.54) is 6.20 Å². The monoisotopic (exact) mass is 161 g/mol. The Balaban J connectivity index is 3.14. The van der Waals surface area contributed by atoms with Gasteiger partial charge >= 0.3 is 0 Å². The molecule has 1 aromatic heterocycles. The summed E-state index contributed by atoms with van der Waals surface area (Å²) < 4.78 is 0. The van der Waals surface area contributed by atoms with Crippen LogP contribution in [0, 0.1) is 18.3 Å². The molecule has 0 aliphatic heterocycles. The van der Waals surface area contributed by atoms with Crippen LogP contribution in [0.2, 0.25) is 0 Å². The molecule has 3 nitrogen and oxygen atoms in total. The highest BCUT2D eigenvalue weighted by atomic mass is 14.8. The van der Waals surface area contributed by atoms with Crippen molar-refractivity contribution in [2.45, 2.75) is 26.7 Å². The van der Waals surface area contributed by atoms with Crippen LogP contribution in [0.15, 0.2) is 6.20 Å². The van der Waals surface area contributed by atoms with Gasteiger partial charge in [0.25, 0.3) is 0 Å². The van der Waals surface area contributed by atoms with Gasteiger partial charge in [0.15, 0.2) is 5.69 Å². The highest BCUT2D eigenvalue weighted by Gasteiger charge is 2.06. The average molecular weight is 161 g/mol. The van der Waals surface area contributed by atoms with Crippen LogP contribution in [0.5, 0.6) is 0 Å². The highest BCUT2D eigenvalue weighted by Crippen LogP contribution is 2.13. The largest absolute Gasteiger partial charge is 0.256 e. The third-order valence-electron chi connectivity index (χ3n) is 1.65. The number of nitriles is 1. The molecule has 0 saturated heterocycles. The number of rotatable bonds is 1. The van der Waals surface area contributed by atoms with E-state index in [1.54, 1.807) is 0 Å². The van der Waals surface area contributed by atoms with Crippen molar-refractivity contribution in [1.29, 1.82) is 5.26 Å². The van der Waals surface area contributed by atoms with Gasteiger partial charge in [0.1, 0.15) is 6.07 Å². The Morgan fingerprint density at radius 1 is 1.50 bits per heavy atom. The number of aromatic nitrogens is 2. The summed E-state index contributed by atoms with van der Waals surface area (Å²) in [5, 5.41) is 8.54. The van der Waals surface area contributed by atoms with E-state index in [9.17, 15) is 0 Å². The van der Waals surface area contributed by atoms with E-state index in [4.69, 9.17) is 5.26 Å². The second-order valence-electron chi connectivity index (χ2n) is 2.99. The van der Waals surface area contributed by atoms with Crippen LogP contribution in [0.3, 0.4) is 0 Å². The zero-order valence-electron chi connectivity index (χ0n) is 7.50. The molecule has 0 radical (unpaired) electrons. The summed E-state index contributed by atoms with van der Waals surface area (Å²) >= 11 is 0. The lowest BCUT2D eigenvalue weighted by Crippen LogP contribution is -2.00. The topological polar surface area (TPSA) is 49.6 Å². The normalized spacial score (nSPS) is 9.92. The predicted octanol–water partition coefficient (Wildman–Crippen LogP) is 1.78. The van der Waals surface area contributed by atoms with Crippen LogP contribution in [0.1, 0.15) is 36.8 Å². The minimum absolute atomic E-state index is 0.366. The van der Waals surface area contributed by atoms with Gasteiger partial charge in [-0.15, -0.1) is 0 Å². The van der Waals surface area contributed by atoms with Crippen LogP contribution in [0.25, 0.3) is 0 Å². The first kappa shape index (κ1) is 8.66. The minimum Gasteiger partial charge on any atom is -0.256 e. The van der Waals surface area contributed by atoms with Gasteiger partial charge in [-0.2, -0.15) is 5.26 Å². The van der Waals surface area contributed by atoms with Gasteiger partial charge in [-0.3, -0.25) is 4.98 Å². The Morgan fingerprint density at radius 3 is 2.58 bits per heavy atom. The fraction of sp³-hybridized carbons (Fsp3) is 0.444. The van der Waals surface area contributed by atoms with Gasteiger partial charge < -0.3 is 0 Å². The first-order valence-corrected chi connectivity index (χ1v) is 3.88. The first-order chi connectivity index (χ1) is 5.65. The Kier molecular flexibility index (Phi) is 2.39. The number of hydrogen-bond donors (Lipinski definition) is 0. The SMILES string of the molecule is Cc1nc(C#N)cnc1C(C)C. The van der Waals surface area contributed by atoms with Crippen LogP contribution >= 0.6 is 0 Å². The lowest BCUT2D eigenvalue weighted by Gasteiger charge is -2.06. The molecule has 62 valence electrons. The first-order valence-electron chi connectivity index (χ1n) is 3.88. The van der Waals surface area contributed by atoms with Gasteiger partial charge in [-0.1, -0.05) is 13.8 Å². The van der Waals surface area contributed by atoms with Gasteiger partial charge in [0.05, 0.1) is 17.6 Å². The van der Waals surface area contributed by atoms with Crippen LogP contribution in [0.4, 0.5) is 0 Å². The van der Waals surface area contributed by atoms with Crippen molar-refractivity contribution in [3.05, 3.63) is 23.3 Å². The molecule has 0 bridgehead atoms. The van der Waals surface area contributed by atoms with Crippen molar-refractivity contribution < 1.29 is 0 Å². The fourth-order valence-electron chi connectivity index (χ4n) is 1.11. The van der Waals surface area contributed by atoms with Crippen molar-refractivity contribution >= 4 is 0 Å². The Bertz CT molecular complexity index is 323. The molecule has 3 heteroatoms. The maximum Gasteiger partial charge on any atom is 0.159 e. The quantitative estimate of drug-likeness (QED) is 0.630. The van der Waals surface area contributed by atoms with Gasteiger partial charge in [-0.05, 0) is 12.8 Å².